The van der Waals surface area contributed by atoms with E-state index in [0.717, 1.165) is 0 Å². The number of hydrogen-bond donors (Lipinski definition) is 2. The van der Waals surface area contributed by atoms with Gasteiger partial charge in [-0.15, -0.1) is 12.4 Å². The summed E-state index contributed by atoms with van der Waals surface area (Å²) in [5.74, 6) is 0.604. The molecule has 2 saturated carbocycles. The van der Waals surface area contributed by atoms with Gasteiger partial charge in [-0.1, -0.05) is 0 Å². The molecule has 3 heteroatoms. The van der Waals surface area contributed by atoms with E-state index in [-0.39, 0.29) is 12.4 Å². The number of halogens is 1. The Bertz CT molecular complexity index is 137. The Balaban J connectivity index is 0.000000605. The van der Waals surface area contributed by atoms with Crippen molar-refractivity contribution >= 4 is 12.4 Å². The monoisotopic (exact) mass is 177 g/mol. The second-order valence-corrected chi connectivity index (χ2v) is 4.13. The minimum absolute atomic E-state index is 0. The first-order valence-electron chi connectivity index (χ1n) is 4.11. The van der Waals surface area contributed by atoms with E-state index in [1.165, 1.54) is 25.7 Å². The molecule has 2 aliphatic rings. The molecule has 1 spiro atoms. The van der Waals surface area contributed by atoms with Gasteiger partial charge in [-0.25, -0.2) is 0 Å². The van der Waals surface area contributed by atoms with E-state index < -0.39 is 0 Å². The van der Waals surface area contributed by atoms with Crippen molar-refractivity contribution in [1.29, 1.82) is 0 Å². The van der Waals surface area contributed by atoms with Crippen molar-refractivity contribution in [3.63, 3.8) is 0 Å². The zero-order chi connectivity index (χ0) is 7.19. The molecule has 2 aliphatic carbocycles. The van der Waals surface area contributed by atoms with Crippen LogP contribution in [0, 0.1) is 11.3 Å². The number of aliphatic hydroxyl groups excluding tert-OH is 1. The highest BCUT2D eigenvalue weighted by atomic mass is 35.5. The quantitative estimate of drug-likeness (QED) is 0.626. The molecule has 11 heavy (non-hydrogen) atoms. The number of nitrogens with two attached hydrogens (primary N) is 1. The van der Waals surface area contributed by atoms with Crippen molar-refractivity contribution in [3.05, 3.63) is 0 Å². The van der Waals surface area contributed by atoms with Crippen LogP contribution >= 0.6 is 12.4 Å². The summed E-state index contributed by atoms with van der Waals surface area (Å²) in [6.45, 7) is 0.386. The fourth-order valence-corrected chi connectivity index (χ4v) is 2.68. The van der Waals surface area contributed by atoms with E-state index in [1.807, 2.05) is 0 Å². The van der Waals surface area contributed by atoms with Gasteiger partial charge in [0.15, 0.2) is 0 Å². The number of aliphatic hydroxyl groups is 1. The second-order valence-electron chi connectivity index (χ2n) is 4.13. The van der Waals surface area contributed by atoms with Crippen LogP contribution in [0.2, 0.25) is 0 Å². The average molecular weight is 178 g/mol. The Morgan fingerprint density at radius 3 is 2.18 bits per heavy atom. The minimum atomic E-state index is 0. The van der Waals surface area contributed by atoms with E-state index in [2.05, 4.69) is 0 Å². The Morgan fingerprint density at radius 2 is 1.82 bits per heavy atom. The van der Waals surface area contributed by atoms with Crippen molar-refractivity contribution in [2.24, 2.45) is 17.1 Å². The highest BCUT2D eigenvalue weighted by molar-refractivity contribution is 5.85. The van der Waals surface area contributed by atoms with Crippen LogP contribution in [0.1, 0.15) is 25.7 Å². The van der Waals surface area contributed by atoms with Crippen molar-refractivity contribution < 1.29 is 5.11 Å². The van der Waals surface area contributed by atoms with Crippen LogP contribution in [0.3, 0.4) is 0 Å². The molecule has 2 nitrogen and oxygen atoms in total. The molecule has 0 atom stereocenters. The number of hydrogen-bond acceptors (Lipinski definition) is 2. The molecule has 0 amide bonds. The summed E-state index contributed by atoms with van der Waals surface area (Å²) in [4.78, 5) is 0. The third kappa shape index (κ3) is 1.40. The van der Waals surface area contributed by atoms with Crippen LogP contribution in [0.5, 0.6) is 0 Å². The maximum atomic E-state index is 8.77. The first-order valence-corrected chi connectivity index (χ1v) is 4.11. The maximum absolute atomic E-state index is 8.77. The summed E-state index contributed by atoms with van der Waals surface area (Å²) in [6.07, 6.45) is 4.89. The largest absolute Gasteiger partial charge is 0.396 e. The number of rotatable bonds is 1. The van der Waals surface area contributed by atoms with Crippen LogP contribution in [-0.4, -0.2) is 17.8 Å². The predicted molar refractivity (Wildman–Crippen MR) is 46.7 cm³/mol. The maximum Gasteiger partial charge on any atom is 0.0459 e. The van der Waals surface area contributed by atoms with Gasteiger partial charge >= 0.3 is 0 Å². The molecule has 0 saturated heterocycles. The lowest BCUT2D eigenvalue weighted by Crippen LogP contribution is -2.53. The molecule has 0 radical (unpaired) electrons. The standard InChI is InChI=1S/C8H15NO.ClH/c9-7-3-8(4-7)1-6(2-8)5-10;/h6-7,10H,1-5,9H2;1H. The molecule has 0 aliphatic heterocycles. The fourth-order valence-electron chi connectivity index (χ4n) is 2.68. The molecular weight excluding hydrogens is 162 g/mol. The molecule has 0 unspecified atom stereocenters. The summed E-state index contributed by atoms with van der Waals surface area (Å²) >= 11 is 0. The van der Waals surface area contributed by atoms with Crippen LogP contribution < -0.4 is 5.73 Å². The Kier molecular flexibility index (Phi) is 2.47. The van der Waals surface area contributed by atoms with E-state index in [1.54, 1.807) is 0 Å². The molecule has 0 bridgehead atoms. The molecule has 2 fully saturated rings. The first kappa shape index (κ1) is 9.30. The third-order valence-electron chi connectivity index (χ3n) is 3.09. The van der Waals surface area contributed by atoms with Gasteiger partial charge in [0.1, 0.15) is 0 Å². The summed E-state index contributed by atoms with van der Waals surface area (Å²) in [5.41, 5.74) is 6.29. The topological polar surface area (TPSA) is 46.2 Å². The molecule has 0 aromatic rings. The Morgan fingerprint density at radius 1 is 1.27 bits per heavy atom. The molecule has 3 N–H and O–H groups in total. The van der Waals surface area contributed by atoms with Gasteiger partial charge in [0, 0.05) is 12.6 Å². The van der Waals surface area contributed by atoms with Gasteiger partial charge < -0.3 is 10.8 Å². The van der Waals surface area contributed by atoms with Crippen molar-refractivity contribution in [3.8, 4) is 0 Å². The smallest absolute Gasteiger partial charge is 0.0459 e. The molecule has 2 rings (SSSR count). The minimum Gasteiger partial charge on any atom is -0.396 e. The lowest BCUT2D eigenvalue weighted by Gasteiger charge is -2.56. The van der Waals surface area contributed by atoms with E-state index in [0.29, 0.717) is 24.0 Å². The molecule has 0 heterocycles. The lowest BCUT2D eigenvalue weighted by atomic mass is 9.50. The highest BCUT2D eigenvalue weighted by Crippen LogP contribution is 2.57. The first-order chi connectivity index (χ1) is 4.74. The summed E-state index contributed by atoms with van der Waals surface area (Å²) in [6, 6.07) is 0.472. The highest BCUT2D eigenvalue weighted by Gasteiger charge is 2.51. The van der Waals surface area contributed by atoms with Gasteiger partial charge in [0.25, 0.3) is 0 Å². The van der Waals surface area contributed by atoms with Gasteiger partial charge in [-0.3, -0.25) is 0 Å². The molecule has 66 valence electrons. The van der Waals surface area contributed by atoms with Crippen LogP contribution in [0.4, 0.5) is 0 Å². The van der Waals surface area contributed by atoms with E-state index >= 15 is 0 Å². The Labute approximate surface area is 73.6 Å². The summed E-state index contributed by atoms with van der Waals surface area (Å²) in [7, 11) is 0. The average Bonchev–Trinajstić information content (AvgIpc) is 1.74. The van der Waals surface area contributed by atoms with Crippen molar-refractivity contribution in [1.82, 2.24) is 0 Å². The molecule has 0 aromatic heterocycles. The van der Waals surface area contributed by atoms with E-state index in [4.69, 9.17) is 10.8 Å². The summed E-state index contributed by atoms with van der Waals surface area (Å²) in [5, 5.41) is 8.77. The Hall–Kier alpha value is 0.210. The zero-order valence-electron chi connectivity index (χ0n) is 6.62. The predicted octanol–water partition coefficient (Wildman–Crippen LogP) is 0.918. The van der Waals surface area contributed by atoms with Gasteiger partial charge in [-0.2, -0.15) is 0 Å². The van der Waals surface area contributed by atoms with Crippen LogP contribution in [0.25, 0.3) is 0 Å². The molecule has 0 aromatic carbocycles. The fraction of sp³-hybridized carbons (Fsp3) is 1.00. The molecular formula is C8H16ClNO. The van der Waals surface area contributed by atoms with Crippen LogP contribution in [0.15, 0.2) is 0 Å². The van der Waals surface area contributed by atoms with Gasteiger partial charge in [-0.05, 0) is 37.0 Å². The van der Waals surface area contributed by atoms with Crippen molar-refractivity contribution in [2.45, 2.75) is 31.7 Å². The third-order valence-corrected chi connectivity index (χ3v) is 3.09. The van der Waals surface area contributed by atoms with Gasteiger partial charge in [0.05, 0.1) is 0 Å². The van der Waals surface area contributed by atoms with Crippen molar-refractivity contribution in [2.75, 3.05) is 6.61 Å². The summed E-state index contributed by atoms with van der Waals surface area (Å²) < 4.78 is 0. The van der Waals surface area contributed by atoms with Crippen LogP contribution in [-0.2, 0) is 0 Å². The van der Waals surface area contributed by atoms with E-state index in [9.17, 15) is 0 Å². The second kappa shape index (κ2) is 2.92. The normalized spacial score (nSPS) is 47.5. The SMILES string of the molecule is Cl.NC1CC2(C1)CC(CO)C2. The lowest BCUT2D eigenvalue weighted by molar-refractivity contribution is -0.0579. The van der Waals surface area contributed by atoms with Gasteiger partial charge in [0.2, 0.25) is 0 Å². The zero-order valence-corrected chi connectivity index (χ0v) is 7.44.